The molecular weight excluding hydrogens is 478 g/mol. The lowest BCUT2D eigenvalue weighted by molar-refractivity contribution is -0.148. The molecular formula is C32H49NO5. The van der Waals surface area contributed by atoms with Crippen molar-refractivity contribution in [3.8, 4) is 0 Å². The largest absolute Gasteiger partial charge is 0.491 e. The van der Waals surface area contributed by atoms with Crippen LogP contribution in [-0.4, -0.2) is 43.8 Å². The summed E-state index contributed by atoms with van der Waals surface area (Å²) in [7, 11) is 1.78. The standard InChI is InChI=1S/C32H49NO5/c1-18(17-33-20(3)34)14-28(36-7)30-19(2)29-27(38-30)16-26-24-9-8-22-15-23(37-21(4)35)10-12-31(22,5)25(24)11-13-32(26,29)6/h8,18,23-29H,9-17H2,1-7H3,(H,33,34)/t18?,23-,24+,25-,26-,27-,28+,29-,31-,32-/m0/s1. The number of rotatable bonds is 7. The van der Waals surface area contributed by atoms with Gasteiger partial charge in [-0.2, -0.15) is 0 Å². The van der Waals surface area contributed by atoms with Gasteiger partial charge in [0.15, 0.2) is 0 Å². The van der Waals surface area contributed by atoms with Crippen molar-refractivity contribution in [3.05, 3.63) is 23.0 Å². The first-order valence-corrected chi connectivity index (χ1v) is 15.0. The average molecular weight is 528 g/mol. The lowest BCUT2D eigenvalue weighted by atomic mass is 9.47. The summed E-state index contributed by atoms with van der Waals surface area (Å²) >= 11 is 0. The Kier molecular flexibility index (Phi) is 7.52. The molecule has 0 aromatic carbocycles. The van der Waals surface area contributed by atoms with Crippen molar-refractivity contribution in [3.63, 3.8) is 0 Å². The van der Waals surface area contributed by atoms with E-state index >= 15 is 0 Å². The van der Waals surface area contributed by atoms with E-state index in [4.69, 9.17) is 14.2 Å². The number of fused-ring (bicyclic) bond motifs is 7. The van der Waals surface area contributed by atoms with Gasteiger partial charge in [-0.15, -0.1) is 0 Å². The number of amides is 1. The number of carbonyl (C=O) groups is 2. The number of hydrogen-bond donors (Lipinski definition) is 1. The van der Waals surface area contributed by atoms with Crippen molar-refractivity contribution in [1.82, 2.24) is 5.32 Å². The van der Waals surface area contributed by atoms with Crippen molar-refractivity contribution < 1.29 is 23.8 Å². The minimum atomic E-state index is -0.153. The number of ether oxygens (including phenoxy) is 3. The smallest absolute Gasteiger partial charge is 0.302 e. The van der Waals surface area contributed by atoms with Crippen molar-refractivity contribution in [1.29, 1.82) is 0 Å². The molecule has 5 aliphatic rings. The number of esters is 1. The van der Waals surface area contributed by atoms with Crippen LogP contribution in [-0.2, 0) is 23.8 Å². The minimum absolute atomic E-state index is 0.0124. The molecule has 6 heteroatoms. The summed E-state index contributed by atoms with van der Waals surface area (Å²) in [6.07, 6.45) is 11.5. The second-order valence-electron chi connectivity index (χ2n) is 13.7. The Morgan fingerprint density at radius 2 is 1.95 bits per heavy atom. The van der Waals surface area contributed by atoms with Gasteiger partial charge in [0.1, 0.15) is 24.1 Å². The molecule has 4 aliphatic carbocycles. The van der Waals surface area contributed by atoms with Gasteiger partial charge in [-0.25, -0.2) is 0 Å². The van der Waals surface area contributed by atoms with E-state index in [-0.39, 0.29) is 41.0 Å². The Morgan fingerprint density at radius 1 is 1.18 bits per heavy atom. The van der Waals surface area contributed by atoms with Crippen LogP contribution in [0.25, 0.3) is 0 Å². The topological polar surface area (TPSA) is 73.9 Å². The number of allylic oxidation sites excluding steroid dienone is 1. The molecule has 10 atom stereocenters. The molecule has 3 fully saturated rings. The Bertz CT molecular complexity index is 1020. The summed E-state index contributed by atoms with van der Waals surface area (Å²) in [6, 6.07) is 0. The molecule has 1 N–H and O–H groups in total. The highest BCUT2D eigenvalue weighted by Crippen LogP contribution is 2.69. The lowest BCUT2D eigenvalue weighted by Gasteiger charge is -2.58. The van der Waals surface area contributed by atoms with Crippen LogP contribution in [0.4, 0.5) is 0 Å². The summed E-state index contributed by atoms with van der Waals surface area (Å²) in [6.45, 7) is 13.3. The zero-order valence-electron chi connectivity index (χ0n) is 24.6. The highest BCUT2D eigenvalue weighted by molar-refractivity contribution is 5.72. The first-order valence-electron chi connectivity index (χ1n) is 15.0. The van der Waals surface area contributed by atoms with Gasteiger partial charge >= 0.3 is 5.97 Å². The first-order chi connectivity index (χ1) is 18.0. The molecule has 1 aliphatic heterocycles. The van der Waals surface area contributed by atoms with Crippen LogP contribution in [0.5, 0.6) is 0 Å². The molecule has 212 valence electrons. The first kappa shape index (κ1) is 27.7. The van der Waals surface area contributed by atoms with Crippen LogP contribution in [0, 0.1) is 40.4 Å². The molecule has 1 amide bonds. The predicted octanol–water partition coefficient (Wildman–Crippen LogP) is 5.96. The fourth-order valence-electron chi connectivity index (χ4n) is 9.66. The van der Waals surface area contributed by atoms with Crippen molar-refractivity contribution in [2.45, 2.75) is 111 Å². The molecule has 0 aromatic rings. The van der Waals surface area contributed by atoms with Crippen LogP contribution in [0.15, 0.2) is 23.0 Å². The van der Waals surface area contributed by atoms with Crippen LogP contribution in [0.2, 0.25) is 0 Å². The van der Waals surface area contributed by atoms with E-state index < -0.39 is 0 Å². The third kappa shape index (κ3) is 4.63. The van der Waals surface area contributed by atoms with Crippen molar-refractivity contribution in [2.75, 3.05) is 13.7 Å². The normalized spacial score (nSPS) is 41.1. The molecule has 1 heterocycles. The number of nitrogens with one attached hydrogen (secondary N) is 1. The number of hydrogen-bond acceptors (Lipinski definition) is 5. The monoisotopic (exact) mass is 527 g/mol. The van der Waals surface area contributed by atoms with E-state index in [0.717, 1.165) is 44.3 Å². The molecule has 5 rings (SSSR count). The van der Waals surface area contributed by atoms with Gasteiger partial charge < -0.3 is 19.5 Å². The molecule has 0 spiro atoms. The van der Waals surface area contributed by atoms with E-state index in [1.165, 1.54) is 25.3 Å². The average Bonchev–Trinajstić information content (AvgIpc) is 3.34. The SMILES string of the molecule is CO[C@H](CC(C)CNC(C)=O)C1=C(C)[C@H]2[C@H](C[C@H]3[C@@H]4CC=C5C[C@@H](OC(C)=O)CC[C@]5(C)[C@H]4CC[C@@]32C)O1. The Balaban J connectivity index is 1.33. The van der Waals surface area contributed by atoms with Crippen LogP contribution in [0.1, 0.15) is 92.9 Å². The molecule has 6 nitrogen and oxygen atoms in total. The second kappa shape index (κ2) is 10.3. The summed E-state index contributed by atoms with van der Waals surface area (Å²) in [5.41, 5.74) is 3.44. The highest BCUT2D eigenvalue weighted by atomic mass is 16.5. The fourth-order valence-corrected chi connectivity index (χ4v) is 9.66. The Morgan fingerprint density at radius 3 is 2.63 bits per heavy atom. The molecule has 0 aromatic heterocycles. The maximum atomic E-state index is 11.6. The summed E-state index contributed by atoms with van der Waals surface area (Å²) in [5, 5.41) is 2.94. The van der Waals surface area contributed by atoms with Gasteiger partial charge in [0, 0.05) is 39.8 Å². The number of carbonyl (C=O) groups excluding carboxylic acids is 2. The Labute approximate surface area is 229 Å². The van der Waals surface area contributed by atoms with E-state index in [2.05, 4.69) is 39.1 Å². The third-order valence-electron chi connectivity index (χ3n) is 11.4. The minimum Gasteiger partial charge on any atom is -0.491 e. The molecule has 38 heavy (non-hydrogen) atoms. The van der Waals surface area contributed by atoms with Gasteiger partial charge in [0.25, 0.3) is 0 Å². The van der Waals surface area contributed by atoms with Crippen LogP contribution >= 0.6 is 0 Å². The van der Waals surface area contributed by atoms with Crippen molar-refractivity contribution >= 4 is 11.9 Å². The molecule has 3 saturated carbocycles. The van der Waals surface area contributed by atoms with Gasteiger partial charge in [0.2, 0.25) is 5.91 Å². The highest BCUT2D eigenvalue weighted by Gasteiger charge is 2.64. The maximum Gasteiger partial charge on any atom is 0.302 e. The second-order valence-corrected chi connectivity index (χ2v) is 13.7. The van der Waals surface area contributed by atoms with Gasteiger partial charge in [0.05, 0.1) is 0 Å². The van der Waals surface area contributed by atoms with E-state index in [1.807, 2.05) is 0 Å². The fraction of sp³-hybridized carbons (Fsp3) is 0.812. The maximum absolute atomic E-state index is 11.6. The predicted molar refractivity (Wildman–Crippen MR) is 147 cm³/mol. The summed E-state index contributed by atoms with van der Waals surface area (Å²) < 4.78 is 18.4. The van der Waals surface area contributed by atoms with Gasteiger partial charge in [-0.05, 0) is 91.9 Å². The lowest BCUT2D eigenvalue weighted by Crippen LogP contribution is -2.50. The third-order valence-corrected chi connectivity index (χ3v) is 11.4. The Hall–Kier alpha value is -1.82. The van der Waals surface area contributed by atoms with Gasteiger partial charge in [-0.1, -0.05) is 32.4 Å². The molecule has 0 saturated heterocycles. The van der Waals surface area contributed by atoms with E-state index in [1.54, 1.807) is 19.6 Å². The number of methoxy groups -OCH3 is 1. The van der Waals surface area contributed by atoms with Crippen LogP contribution < -0.4 is 5.32 Å². The zero-order chi connectivity index (χ0) is 27.4. The quantitative estimate of drug-likeness (QED) is 0.327. The molecule has 0 bridgehead atoms. The molecule has 0 radical (unpaired) electrons. The summed E-state index contributed by atoms with van der Waals surface area (Å²) in [4.78, 5) is 22.9. The van der Waals surface area contributed by atoms with E-state index in [9.17, 15) is 9.59 Å². The van der Waals surface area contributed by atoms with Crippen molar-refractivity contribution in [2.24, 2.45) is 40.4 Å². The zero-order valence-corrected chi connectivity index (χ0v) is 24.6. The van der Waals surface area contributed by atoms with Gasteiger partial charge in [-0.3, -0.25) is 9.59 Å². The molecule has 1 unspecified atom stereocenters. The summed E-state index contributed by atoms with van der Waals surface area (Å²) in [5.74, 6) is 3.78. The van der Waals surface area contributed by atoms with Crippen LogP contribution in [0.3, 0.4) is 0 Å². The van der Waals surface area contributed by atoms with E-state index in [0.29, 0.717) is 36.1 Å².